The van der Waals surface area contributed by atoms with Crippen LogP contribution in [0.25, 0.3) is 0 Å². The number of benzene rings is 2. The zero-order chi connectivity index (χ0) is 18.6. The standard InChI is InChI=1S/C20H20FNO4/c21-15-8-6-14(7-9-15)20(10-1-2-11-20)19(25)22-16-4-3-5-17(12-16)26-13-18(23)24/h3-9,12H,1-2,10-11,13H2,(H,22,25)(H,23,24). The fourth-order valence-electron chi connectivity index (χ4n) is 3.45. The minimum atomic E-state index is -1.07. The van der Waals surface area contributed by atoms with Gasteiger partial charge in [-0.15, -0.1) is 0 Å². The number of nitrogens with one attached hydrogen (secondary N) is 1. The quantitative estimate of drug-likeness (QED) is 0.826. The Morgan fingerprint density at radius 3 is 2.46 bits per heavy atom. The minimum absolute atomic E-state index is 0.142. The third kappa shape index (κ3) is 3.85. The Hall–Kier alpha value is -2.89. The lowest BCUT2D eigenvalue weighted by atomic mass is 9.78. The van der Waals surface area contributed by atoms with Crippen molar-refractivity contribution in [1.29, 1.82) is 0 Å². The molecule has 6 heteroatoms. The molecule has 0 spiro atoms. The van der Waals surface area contributed by atoms with Crippen LogP contribution in [0.2, 0.25) is 0 Å². The number of ether oxygens (including phenoxy) is 1. The molecule has 1 saturated carbocycles. The number of rotatable bonds is 6. The lowest BCUT2D eigenvalue weighted by Gasteiger charge is -2.28. The van der Waals surface area contributed by atoms with Gasteiger partial charge in [0.25, 0.3) is 0 Å². The van der Waals surface area contributed by atoms with Crippen molar-refractivity contribution in [1.82, 2.24) is 0 Å². The number of carboxylic acids is 1. The minimum Gasteiger partial charge on any atom is -0.482 e. The van der Waals surface area contributed by atoms with Crippen molar-refractivity contribution in [2.75, 3.05) is 11.9 Å². The number of hydrogen-bond acceptors (Lipinski definition) is 3. The topological polar surface area (TPSA) is 75.6 Å². The van der Waals surface area contributed by atoms with Gasteiger partial charge < -0.3 is 15.2 Å². The highest BCUT2D eigenvalue weighted by molar-refractivity contribution is 5.99. The maximum absolute atomic E-state index is 13.3. The fourth-order valence-corrected chi connectivity index (χ4v) is 3.45. The van der Waals surface area contributed by atoms with Gasteiger partial charge in [-0.2, -0.15) is 0 Å². The molecular weight excluding hydrogens is 337 g/mol. The number of aliphatic carboxylic acids is 1. The molecule has 136 valence electrons. The van der Waals surface area contributed by atoms with E-state index in [0.29, 0.717) is 24.3 Å². The molecule has 1 aliphatic rings. The van der Waals surface area contributed by atoms with Crippen molar-refractivity contribution in [2.24, 2.45) is 0 Å². The molecule has 0 bridgehead atoms. The normalized spacial score (nSPS) is 15.4. The summed E-state index contributed by atoms with van der Waals surface area (Å²) in [6, 6.07) is 12.7. The van der Waals surface area contributed by atoms with Gasteiger partial charge in [-0.25, -0.2) is 9.18 Å². The average Bonchev–Trinajstić information content (AvgIpc) is 3.12. The largest absolute Gasteiger partial charge is 0.482 e. The number of carbonyl (C=O) groups excluding carboxylic acids is 1. The second kappa shape index (κ2) is 7.56. The van der Waals surface area contributed by atoms with Crippen molar-refractivity contribution < 1.29 is 23.8 Å². The molecule has 1 amide bonds. The Labute approximate surface area is 150 Å². The number of hydrogen-bond donors (Lipinski definition) is 2. The molecule has 0 unspecified atom stereocenters. The van der Waals surface area contributed by atoms with Gasteiger partial charge in [0.05, 0.1) is 5.41 Å². The Bertz CT molecular complexity index is 798. The predicted octanol–water partition coefficient (Wildman–Crippen LogP) is 3.74. The third-order valence-electron chi connectivity index (χ3n) is 4.74. The number of carbonyl (C=O) groups is 2. The summed E-state index contributed by atoms with van der Waals surface area (Å²) in [6.07, 6.45) is 3.29. The molecule has 0 aliphatic heterocycles. The molecule has 1 fully saturated rings. The first-order chi connectivity index (χ1) is 12.5. The number of anilines is 1. The highest BCUT2D eigenvalue weighted by Gasteiger charge is 2.42. The van der Waals surface area contributed by atoms with Crippen LogP contribution < -0.4 is 10.1 Å². The smallest absolute Gasteiger partial charge is 0.341 e. The molecule has 2 aromatic carbocycles. The van der Waals surface area contributed by atoms with Gasteiger partial charge in [0.15, 0.2) is 6.61 Å². The lowest BCUT2D eigenvalue weighted by Crippen LogP contribution is -2.38. The van der Waals surface area contributed by atoms with E-state index in [1.807, 2.05) is 0 Å². The summed E-state index contributed by atoms with van der Waals surface area (Å²) in [5.41, 5.74) is 0.671. The van der Waals surface area contributed by atoms with Crippen LogP contribution in [-0.4, -0.2) is 23.6 Å². The van der Waals surface area contributed by atoms with Crippen molar-refractivity contribution in [2.45, 2.75) is 31.1 Å². The van der Waals surface area contributed by atoms with Crippen LogP contribution in [0, 0.1) is 5.82 Å². The van der Waals surface area contributed by atoms with E-state index in [2.05, 4.69) is 5.32 Å². The van der Waals surface area contributed by atoms with Gasteiger partial charge in [-0.3, -0.25) is 4.79 Å². The highest BCUT2D eigenvalue weighted by Crippen LogP contribution is 2.42. The Kier molecular flexibility index (Phi) is 5.21. The second-order valence-corrected chi connectivity index (χ2v) is 6.46. The van der Waals surface area contributed by atoms with Gasteiger partial charge in [0.1, 0.15) is 11.6 Å². The van der Waals surface area contributed by atoms with E-state index in [0.717, 1.165) is 18.4 Å². The molecule has 0 heterocycles. The van der Waals surface area contributed by atoms with E-state index < -0.39 is 18.0 Å². The van der Waals surface area contributed by atoms with Crippen LogP contribution in [0.4, 0.5) is 10.1 Å². The monoisotopic (exact) mass is 357 g/mol. The Morgan fingerprint density at radius 2 is 1.81 bits per heavy atom. The van der Waals surface area contributed by atoms with Crippen molar-refractivity contribution in [3.63, 3.8) is 0 Å². The first kappa shape index (κ1) is 17.9. The zero-order valence-electron chi connectivity index (χ0n) is 14.2. The molecule has 0 aromatic heterocycles. The van der Waals surface area contributed by atoms with Gasteiger partial charge >= 0.3 is 5.97 Å². The van der Waals surface area contributed by atoms with Crippen molar-refractivity contribution in [3.05, 3.63) is 59.9 Å². The van der Waals surface area contributed by atoms with Crippen LogP contribution in [0.1, 0.15) is 31.2 Å². The Balaban J connectivity index is 1.80. The van der Waals surface area contributed by atoms with Gasteiger partial charge in [-0.05, 0) is 42.7 Å². The van der Waals surface area contributed by atoms with Crippen molar-refractivity contribution >= 4 is 17.6 Å². The molecule has 3 rings (SSSR count). The molecule has 2 aromatic rings. The summed E-state index contributed by atoms with van der Waals surface area (Å²) in [5, 5.41) is 11.6. The molecular formula is C20H20FNO4. The SMILES string of the molecule is O=C(O)COc1cccc(NC(=O)C2(c3ccc(F)cc3)CCCC2)c1. The Morgan fingerprint density at radius 1 is 1.12 bits per heavy atom. The molecule has 26 heavy (non-hydrogen) atoms. The van der Waals surface area contributed by atoms with E-state index in [1.165, 1.54) is 12.1 Å². The van der Waals surface area contributed by atoms with Crippen LogP contribution in [0.5, 0.6) is 5.75 Å². The van der Waals surface area contributed by atoms with Gasteiger partial charge in [0, 0.05) is 11.8 Å². The van der Waals surface area contributed by atoms with Gasteiger partial charge in [0.2, 0.25) is 5.91 Å². The van der Waals surface area contributed by atoms with E-state index in [-0.39, 0.29) is 11.7 Å². The average molecular weight is 357 g/mol. The van der Waals surface area contributed by atoms with Crippen LogP contribution in [0.3, 0.4) is 0 Å². The van der Waals surface area contributed by atoms with Crippen LogP contribution in [0.15, 0.2) is 48.5 Å². The lowest BCUT2D eigenvalue weighted by molar-refractivity contribution is -0.139. The summed E-state index contributed by atoms with van der Waals surface area (Å²) in [6.45, 7) is -0.448. The fraction of sp³-hybridized carbons (Fsp3) is 0.300. The maximum Gasteiger partial charge on any atom is 0.341 e. The molecule has 0 atom stereocenters. The second-order valence-electron chi connectivity index (χ2n) is 6.46. The number of amides is 1. The molecule has 5 nitrogen and oxygen atoms in total. The van der Waals surface area contributed by atoms with Crippen LogP contribution >= 0.6 is 0 Å². The van der Waals surface area contributed by atoms with E-state index >= 15 is 0 Å². The van der Waals surface area contributed by atoms with E-state index in [1.54, 1.807) is 36.4 Å². The third-order valence-corrected chi connectivity index (χ3v) is 4.74. The summed E-state index contributed by atoms with van der Waals surface area (Å²) < 4.78 is 18.4. The highest BCUT2D eigenvalue weighted by atomic mass is 19.1. The molecule has 1 aliphatic carbocycles. The summed E-state index contributed by atoms with van der Waals surface area (Å²) in [7, 11) is 0. The number of carboxylic acid groups (broad SMARTS) is 1. The van der Waals surface area contributed by atoms with Crippen LogP contribution in [-0.2, 0) is 15.0 Å². The zero-order valence-corrected chi connectivity index (χ0v) is 14.2. The van der Waals surface area contributed by atoms with Gasteiger partial charge in [-0.1, -0.05) is 31.0 Å². The number of halogens is 1. The maximum atomic E-state index is 13.3. The van der Waals surface area contributed by atoms with Crippen molar-refractivity contribution in [3.8, 4) is 5.75 Å². The van der Waals surface area contributed by atoms with E-state index in [9.17, 15) is 14.0 Å². The van der Waals surface area contributed by atoms with E-state index in [4.69, 9.17) is 9.84 Å². The predicted molar refractivity (Wildman–Crippen MR) is 94.7 cm³/mol. The first-order valence-corrected chi connectivity index (χ1v) is 8.52. The summed E-state index contributed by atoms with van der Waals surface area (Å²) in [5.74, 6) is -1.17. The summed E-state index contributed by atoms with van der Waals surface area (Å²) >= 11 is 0. The summed E-state index contributed by atoms with van der Waals surface area (Å²) in [4.78, 5) is 23.7. The molecule has 0 radical (unpaired) electrons. The first-order valence-electron chi connectivity index (χ1n) is 8.52. The molecule has 0 saturated heterocycles. The molecule has 2 N–H and O–H groups in total.